The second-order valence-corrected chi connectivity index (χ2v) is 7.82. The highest BCUT2D eigenvalue weighted by Gasteiger charge is 2.36. The van der Waals surface area contributed by atoms with Crippen LogP contribution in [-0.2, 0) is 19.6 Å². The molecule has 1 saturated heterocycles. The van der Waals surface area contributed by atoms with Gasteiger partial charge in [-0.05, 0) is 32.6 Å². The molecule has 0 aromatic carbocycles. The van der Waals surface area contributed by atoms with Crippen LogP contribution in [0.25, 0.3) is 0 Å². The topological polar surface area (TPSA) is 104 Å². The molecule has 0 radical (unpaired) electrons. The number of carbonyl (C=O) groups is 2. The lowest BCUT2D eigenvalue weighted by Crippen LogP contribution is -2.53. The molecule has 0 spiro atoms. The molecule has 0 aromatic rings. The Labute approximate surface area is 132 Å². The van der Waals surface area contributed by atoms with Gasteiger partial charge in [0.2, 0.25) is 15.9 Å². The quantitative estimate of drug-likeness (QED) is 0.688. The molecule has 0 aromatic heterocycles. The number of carboxylic acids is 1. The summed E-state index contributed by atoms with van der Waals surface area (Å²) in [7, 11) is -3.41. The fraction of sp³-hybridized carbons (Fsp3) is 0.857. The fourth-order valence-corrected chi connectivity index (χ4v) is 4.37. The highest BCUT2D eigenvalue weighted by atomic mass is 32.2. The van der Waals surface area contributed by atoms with Crippen LogP contribution in [0.3, 0.4) is 0 Å². The second kappa shape index (κ2) is 8.47. The van der Waals surface area contributed by atoms with Crippen LogP contribution in [0, 0.1) is 0 Å². The summed E-state index contributed by atoms with van der Waals surface area (Å²) in [6, 6.07) is -0.959. The predicted octanol–water partition coefficient (Wildman–Crippen LogP) is 0.950. The third-order valence-corrected chi connectivity index (χ3v) is 5.83. The molecule has 1 aliphatic heterocycles. The zero-order chi connectivity index (χ0) is 16.8. The Morgan fingerprint density at radius 2 is 2.05 bits per heavy atom. The molecule has 128 valence electrons. The van der Waals surface area contributed by atoms with Crippen LogP contribution in [0.1, 0.15) is 52.4 Å². The van der Waals surface area contributed by atoms with Crippen molar-refractivity contribution in [3.63, 3.8) is 0 Å². The minimum atomic E-state index is -3.41. The van der Waals surface area contributed by atoms with Crippen molar-refractivity contribution >= 4 is 21.9 Å². The van der Waals surface area contributed by atoms with E-state index in [0.717, 1.165) is 12.8 Å². The van der Waals surface area contributed by atoms with Crippen LogP contribution in [0.15, 0.2) is 0 Å². The molecule has 0 bridgehead atoms. The Balaban J connectivity index is 2.69. The minimum Gasteiger partial charge on any atom is -0.481 e. The van der Waals surface area contributed by atoms with Crippen molar-refractivity contribution in [3.05, 3.63) is 0 Å². The average Bonchev–Trinajstić information content (AvgIpc) is 2.45. The van der Waals surface area contributed by atoms with Crippen molar-refractivity contribution in [3.8, 4) is 0 Å². The standard InChI is InChI=1S/C14H26N2O5S/c1-3-10-22(20,21)16-9-5-4-6-12(16)14(19)15-11(2)7-8-13(17)18/h11-12H,3-10H2,1-2H3,(H,15,19)(H,17,18). The van der Waals surface area contributed by atoms with Gasteiger partial charge in [-0.15, -0.1) is 0 Å². The van der Waals surface area contributed by atoms with Crippen LogP contribution < -0.4 is 5.32 Å². The van der Waals surface area contributed by atoms with E-state index < -0.39 is 22.0 Å². The average molecular weight is 334 g/mol. The van der Waals surface area contributed by atoms with Gasteiger partial charge in [0.15, 0.2) is 0 Å². The fourth-order valence-electron chi connectivity index (χ4n) is 2.63. The molecule has 0 saturated carbocycles. The highest BCUT2D eigenvalue weighted by molar-refractivity contribution is 7.89. The van der Waals surface area contributed by atoms with Crippen LogP contribution in [-0.4, -0.2) is 54.1 Å². The molecule has 2 unspecified atom stereocenters. The largest absolute Gasteiger partial charge is 0.481 e. The van der Waals surface area contributed by atoms with Crippen molar-refractivity contribution in [2.45, 2.75) is 64.5 Å². The Morgan fingerprint density at radius 1 is 1.36 bits per heavy atom. The number of aliphatic carboxylic acids is 1. The first kappa shape index (κ1) is 18.9. The molecule has 22 heavy (non-hydrogen) atoms. The van der Waals surface area contributed by atoms with Gasteiger partial charge in [-0.3, -0.25) is 9.59 Å². The number of sulfonamides is 1. The lowest BCUT2D eigenvalue weighted by Gasteiger charge is -2.34. The van der Waals surface area contributed by atoms with Gasteiger partial charge in [0.1, 0.15) is 6.04 Å². The number of carboxylic acid groups (broad SMARTS) is 1. The molecular weight excluding hydrogens is 308 g/mol. The third-order valence-electron chi connectivity index (χ3n) is 3.76. The maximum atomic E-state index is 12.3. The first-order valence-electron chi connectivity index (χ1n) is 7.79. The smallest absolute Gasteiger partial charge is 0.303 e. The highest BCUT2D eigenvalue weighted by Crippen LogP contribution is 2.21. The van der Waals surface area contributed by atoms with Crippen LogP contribution in [0.5, 0.6) is 0 Å². The van der Waals surface area contributed by atoms with Gasteiger partial charge in [0, 0.05) is 19.0 Å². The number of piperidine rings is 1. The Hall–Kier alpha value is -1.15. The van der Waals surface area contributed by atoms with Gasteiger partial charge in [-0.2, -0.15) is 4.31 Å². The van der Waals surface area contributed by atoms with Gasteiger partial charge >= 0.3 is 5.97 Å². The van der Waals surface area contributed by atoms with E-state index in [0.29, 0.717) is 25.8 Å². The van der Waals surface area contributed by atoms with Gasteiger partial charge in [0.25, 0.3) is 0 Å². The van der Waals surface area contributed by atoms with Crippen molar-refractivity contribution in [2.75, 3.05) is 12.3 Å². The third kappa shape index (κ3) is 5.57. The molecule has 7 nitrogen and oxygen atoms in total. The summed E-state index contributed by atoms with van der Waals surface area (Å²) in [5.74, 6) is -1.19. The van der Waals surface area contributed by atoms with Crippen molar-refractivity contribution in [2.24, 2.45) is 0 Å². The van der Waals surface area contributed by atoms with E-state index in [1.54, 1.807) is 13.8 Å². The number of hydrogen-bond donors (Lipinski definition) is 2. The summed E-state index contributed by atoms with van der Waals surface area (Å²) in [4.78, 5) is 22.9. The van der Waals surface area contributed by atoms with Crippen LogP contribution in [0.4, 0.5) is 0 Å². The zero-order valence-corrected chi connectivity index (χ0v) is 14.1. The Bertz CT molecular complexity index is 491. The van der Waals surface area contributed by atoms with E-state index >= 15 is 0 Å². The molecule has 1 amide bonds. The van der Waals surface area contributed by atoms with E-state index in [4.69, 9.17) is 5.11 Å². The normalized spacial score (nSPS) is 21.3. The Kier molecular flexibility index (Phi) is 7.28. The summed E-state index contributed by atoms with van der Waals surface area (Å²) in [6.45, 7) is 3.91. The summed E-state index contributed by atoms with van der Waals surface area (Å²) in [5.41, 5.74) is 0. The van der Waals surface area contributed by atoms with Crippen molar-refractivity contribution in [1.82, 2.24) is 9.62 Å². The first-order chi connectivity index (χ1) is 10.3. The van der Waals surface area contributed by atoms with Crippen molar-refractivity contribution in [1.29, 1.82) is 0 Å². The van der Waals surface area contributed by atoms with E-state index in [1.165, 1.54) is 4.31 Å². The predicted molar refractivity (Wildman–Crippen MR) is 82.9 cm³/mol. The number of nitrogens with one attached hydrogen (secondary N) is 1. The lowest BCUT2D eigenvalue weighted by molar-refractivity contribution is -0.137. The van der Waals surface area contributed by atoms with Crippen LogP contribution in [0.2, 0.25) is 0 Å². The number of rotatable bonds is 8. The van der Waals surface area contributed by atoms with E-state index in [2.05, 4.69) is 5.32 Å². The first-order valence-corrected chi connectivity index (χ1v) is 9.40. The van der Waals surface area contributed by atoms with Crippen LogP contribution >= 0.6 is 0 Å². The van der Waals surface area contributed by atoms with Gasteiger partial charge in [-0.25, -0.2) is 8.42 Å². The molecule has 2 N–H and O–H groups in total. The number of amides is 1. The summed E-state index contributed by atoms with van der Waals surface area (Å²) in [5, 5.41) is 11.4. The molecule has 0 aliphatic carbocycles. The van der Waals surface area contributed by atoms with E-state index in [-0.39, 0.29) is 24.1 Å². The maximum absolute atomic E-state index is 12.3. The molecule has 1 heterocycles. The summed E-state index contributed by atoms with van der Waals surface area (Å²) >= 11 is 0. The number of nitrogens with zero attached hydrogens (tertiary/aromatic N) is 1. The van der Waals surface area contributed by atoms with Gasteiger partial charge in [-0.1, -0.05) is 13.3 Å². The number of hydrogen-bond acceptors (Lipinski definition) is 4. The molecule has 2 atom stereocenters. The molecule has 1 fully saturated rings. The molecular formula is C14H26N2O5S. The second-order valence-electron chi connectivity index (χ2n) is 5.78. The number of carbonyl (C=O) groups excluding carboxylic acids is 1. The van der Waals surface area contributed by atoms with E-state index in [1.807, 2.05) is 0 Å². The minimum absolute atomic E-state index is 0.0238. The van der Waals surface area contributed by atoms with Crippen molar-refractivity contribution < 1.29 is 23.1 Å². The van der Waals surface area contributed by atoms with E-state index in [9.17, 15) is 18.0 Å². The molecule has 1 rings (SSSR count). The Morgan fingerprint density at radius 3 is 2.64 bits per heavy atom. The SMILES string of the molecule is CCCS(=O)(=O)N1CCCCC1C(=O)NC(C)CCC(=O)O. The maximum Gasteiger partial charge on any atom is 0.303 e. The van der Waals surface area contributed by atoms with Gasteiger partial charge < -0.3 is 10.4 Å². The summed E-state index contributed by atoms with van der Waals surface area (Å²) < 4.78 is 25.9. The van der Waals surface area contributed by atoms with Gasteiger partial charge in [0.05, 0.1) is 5.75 Å². The molecule has 8 heteroatoms. The monoisotopic (exact) mass is 334 g/mol. The summed E-state index contributed by atoms with van der Waals surface area (Å²) in [6.07, 6.45) is 2.92. The lowest BCUT2D eigenvalue weighted by atomic mass is 10.0. The zero-order valence-electron chi connectivity index (χ0n) is 13.2. The molecule has 1 aliphatic rings.